The molecule has 0 bridgehead atoms. The number of rotatable bonds is 10. The van der Waals surface area contributed by atoms with E-state index >= 15 is 0 Å². The second kappa shape index (κ2) is 14.5. The topological polar surface area (TPSA) is 116 Å². The van der Waals surface area contributed by atoms with Gasteiger partial charge in [0.1, 0.15) is 18.2 Å². The Labute approximate surface area is 255 Å². The third-order valence-corrected chi connectivity index (χ3v) is 7.87. The van der Waals surface area contributed by atoms with Gasteiger partial charge in [0.15, 0.2) is 0 Å². The average molecular weight is 613 g/mol. The molecule has 3 aromatic rings. The predicted octanol–water partition coefficient (Wildman–Crippen LogP) is 5.17. The lowest BCUT2D eigenvalue weighted by Crippen LogP contribution is -2.58. The van der Waals surface area contributed by atoms with Gasteiger partial charge in [-0.05, 0) is 49.8 Å². The molecule has 4 rings (SSSR count). The maximum Gasteiger partial charge on any atom is 0.412 e. The van der Waals surface area contributed by atoms with Gasteiger partial charge in [0.05, 0.1) is 11.1 Å². The van der Waals surface area contributed by atoms with Crippen LogP contribution >= 0.6 is 11.6 Å². The molecule has 3 N–H and O–H groups in total. The Morgan fingerprint density at radius 3 is 2.72 bits per heavy atom. The third kappa shape index (κ3) is 9.01. The second-order valence-electron chi connectivity index (χ2n) is 11.3. The Morgan fingerprint density at radius 2 is 1.95 bits per heavy atom. The van der Waals surface area contributed by atoms with E-state index in [1.165, 1.54) is 17.0 Å². The van der Waals surface area contributed by atoms with Crippen LogP contribution in [0, 0.1) is 5.82 Å². The van der Waals surface area contributed by atoms with E-state index in [0.717, 1.165) is 17.3 Å². The summed E-state index contributed by atoms with van der Waals surface area (Å²) in [6.45, 7) is 6.01. The molecule has 1 aliphatic rings. The highest BCUT2D eigenvalue weighted by Crippen LogP contribution is 2.20. The number of aromatic nitrogens is 1. The van der Waals surface area contributed by atoms with Gasteiger partial charge in [0, 0.05) is 56.8 Å². The zero-order chi connectivity index (χ0) is 31.0. The van der Waals surface area contributed by atoms with Gasteiger partial charge in [-0.15, -0.1) is 0 Å². The Balaban J connectivity index is 1.36. The number of carbonyl (C=O) groups is 3. The van der Waals surface area contributed by atoms with E-state index in [-0.39, 0.29) is 29.6 Å². The predicted molar refractivity (Wildman–Crippen MR) is 164 cm³/mol. The quantitative estimate of drug-likeness (QED) is 0.291. The number of amides is 4. The van der Waals surface area contributed by atoms with Crippen molar-refractivity contribution >= 4 is 46.2 Å². The molecule has 0 saturated carbocycles. The summed E-state index contributed by atoms with van der Waals surface area (Å²) < 4.78 is 19.3. The number of piperazine rings is 1. The number of ether oxygens (including phenoxy) is 1. The molecule has 2 aromatic carbocycles. The zero-order valence-electron chi connectivity index (χ0n) is 24.7. The van der Waals surface area contributed by atoms with Crippen LogP contribution in [0.1, 0.15) is 38.7 Å². The van der Waals surface area contributed by atoms with Gasteiger partial charge in [0.25, 0.3) is 0 Å². The van der Waals surface area contributed by atoms with E-state index in [0.29, 0.717) is 43.7 Å². The fourth-order valence-corrected chi connectivity index (χ4v) is 5.19. The summed E-state index contributed by atoms with van der Waals surface area (Å²) in [6, 6.07) is 12.8. The van der Waals surface area contributed by atoms with Gasteiger partial charge < -0.3 is 25.2 Å². The standard InChI is InChI=1S/C31H38ClFN6O4/c1-31(2)20-39(15-14-36-31)27(40)13-7-11-24(38(3)29(41)35-18-23-10-6-12-25(33)28(23)32)19-43-30(42)37-26-16-21-8-4-5-9-22(21)17-34-26/h4-6,8-10,12,16-17,24,36H,7,11,13-15,18-20H2,1-3H3,(H,35,41)(H,34,37,42)/t24-/m0/s1. The molecule has 1 atom stereocenters. The van der Waals surface area contributed by atoms with Crippen LogP contribution in [0.25, 0.3) is 10.8 Å². The Kier molecular flexibility index (Phi) is 10.8. The molecule has 10 nitrogen and oxygen atoms in total. The molecule has 1 aromatic heterocycles. The molecule has 1 fully saturated rings. The van der Waals surface area contributed by atoms with Crippen molar-refractivity contribution in [3.63, 3.8) is 0 Å². The third-order valence-electron chi connectivity index (χ3n) is 7.45. The van der Waals surface area contributed by atoms with Crippen LogP contribution in [0.5, 0.6) is 0 Å². The van der Waals surface area contributed by atoms with Crippen LogP contribution in [0.4, 0.5) is 19.8 Å². The van der Waals surface area contributed by atoms with Gasteiger partial charge >= 0.3 is 12.1 Å². The molecule has 1 aliphatic heterocycles. The minimum absolute atomic E-state index is 0.0126. The van der Waals surface area contributed by atoms with Gasteiger partial charge in [-0.2, -0.15) is 0 Å². The summed E-state index contributed by atoms with van der Waals surface area (Å²) in [6.07, 6.45) is 2.14. The van der Waals surface area contributed by atoms with Crippen molar-refractivity contribution in [2.24, 2.45) is 0 Å². The molecule has 230 valence electrons. The Morgan fingerprint density at radius 1 is 1.19 bits per heavy atom. The Hall–Kier alpha value is -3.96. The molecule has 4 amide bonds. The van der Waals surface area contributed by atoms with Crippen molar-refractivity contribution in [3.05, 3.63) is 71.1 Å². The first kappa shape index (κ1) is 32.0. The number of benzene rings is 2. The molecule has 2 heterocycles. The SMILES string of the molecule is CN(C(=O)NCc1cccc(F)c1Cl)[C@@H](CCCC(=O)N1CCNC(C)(C)C1)COC(=O)Nc1cc2ccccc2cn1. The van der Waals surface area contributed by atoms with Crippen molar-refractivity contribution < 1.29 is 23.5 Å². The highest BCUT2D eigenvalue weighted by atomic mass is 35.5. The number of hydrogen-bond acceptors (Lipinski definition) is 6. The fourth-order valence-electron chi connectivity index (χ4n) is 5.00. The minimum atomic E-state index is -0.716. The number of halogens is 2. The van der Waals surface area contributed by atoms with Crippen LogP contribution in [0.3, 0.4) is 0 Å². The van der Waals surface area contributed by atoms with E-state index in [1.807, 2.05) is 29.2 Å². The summed E-state index contributed by atoms with van der Waals surface area (Å²) in [5.41, 5.74) is 0.281. The van der Waals surface area contributed by atoms with Crippen molar-refractivity contribution in [1.29, 1.82) is 0 Å². The maximum absolute atomic E-state index is 13.8. The molecule has 43 heavy (non-hydrogen) atoms. The maximum atomic E-state index is 13.8. The summed E-state index contributed by atoms with van der Waals surface area (Å²) in [5.74, 6) is -0.192. The summed E-state index contributed by atoms with van der Waals surface area (Å²) in [4.78, 5) is 46.2. The van der Waals surface area contributed by atoms with E-state index < -0.39 is 24.0 Å². The molecule has 0 spiro atoms. The molecule has 1 saturated heterocycles. The molecular weight excluding hydrogens is 575 g/mol. The number of carbonyl (C=O) groups excluding carboxylic acids is 3. The summed E-state index contributed by atoms with van der Waals surface area (Å²) >= 11 is 6.03. The van der Waals surface area contributed by atoms with E-state index in [9.17, 15) is 18.8 Å². The van der Waals surface area contributed by atoms with Crippen LogP contribution in [0.2, 0.25) is 5.02 Å². The average Bonchev–Trinajstić information content (AvgIpc) is 2.98. The lowest BCUT2D eigenvalue weighted by Gasteiger charge is -2.39. The molecule has 0 aliphatic carbocycles. The first-order chi connectivity index (χ1) is 20.5. The first-order valence-corrected chi connectivity index (χ1v) is 14.6. The van der Waals surface area contributed by atoms with Gasteiger partial charge in [-0.3, -0.25) is 10.1 Å². The number of anilines is 1. The lowest BCUT2D eigenvalue weighted by molar-refractivity contribution is -0.133. The van der Waals surface area contributed by atoms with E-state index in [1.54, 1.807) is 25.4 Å². The normalized spacial score (nSPS) is 15.0. The highest BCUT2D eigenvalue weighted by Gasteiger charge is 2.29. The first-order valence-electron chi connectivity index (χ1n) is 14.3. The van der Waals surface area contributed by atoms with Crippen molar-refractivity contribution in [3.8, 4) is 0 Å². The number of nitrogens with zero attached hydrogens (tertiary/aromatic N) is 3. The lowest BCUT2D eigenvalue weighted by atomic mass is 10.0. The molecular formula is C31H38ClFN6O4. The van der Waals surface area contributed by atoms with Crippen LogP contribution < -0.4 is 16.0 Å². The Bertz CT molecular complexity index is 1450. The minimum Gasteiger partial charge on any atom is -0.447 e. The van der Waals surface area contributed by atoms with Crippen molar-refractivity contribution in [2.45, 2.75) is 51.2 Å². The van der Waals surface area contributed by atoms with Crippen LogP contribution in [0.15, 0.2) is 54.7 Å². The van der Waals surface area contributed by atoms with E-state index in [2.05, 4.69) is 34.8 Å². The van der Waals surface area contributed by atoms with E-state index in [4.69, 9.17) is 16.3 Å². The number of nitrogens with one attached hydrogen (secondary N) is 3. The zero-order valence-corrected chi connectivity index (χ0v) is 25.4. The van der Waals surface area contributed by atoms with Crippen LogP contribution in [-0.4, -0.2) is 77.7 Å². The molecule has 12 heteroatoms. The highest BCUT2D eigenvalue weighted by molar-refractivity contribution is 6.31. The van der Waals surface area contributed by atoms with Gasteiger partial charge in [-0.25, -0.2) is 19.0 Å². The molecule has 0 radical (unpaired) electrons. The summed E-state index contributed by atoms with van der Waals surface area (Å²) in [5, 5.41) is 10.6. The monoisotopic (exact) mass is 612 g/mol. The second-order valence-corrected chi connectivity index (χ2v) is 11.7. The number of likely N-dealkylation sites (N-methyl/N-ethyl adjacent to an activating group) is 1. The number of urea groups is 1. The van der Waals surface area contributed by atoms with Crippen molar-refractivity contribution in [2.75, 3.05) is 38.6 Å². The van der Waals surface area contributed by atoms with Gasteiger partial charge in [0.2, 0.25) is 5.91 Å². The number of fused-ring (bicyclic) bond motifs is 1. The number of pyridine rings is 1. The smallest absolute Gasteiger partial charge is 0.412 e. The largest absolute Gasteiger partial charge is 0.447 e. The fraction of sp³-hybridized carbons (Fsp3) is 0.419. The van der Waals surface area contributed by atoms with Crippen molar-refractivity contribution in [1.82, 2.24) is 25.4 Å². The van der Waals surface area contributed by atoms with Crippen LogP contribution in [-0.2, 0) is 16.1 Å². The number of hydrogen-bond donors (Lipinski definition) is 3. The van der Waals surface area contributed by atoms with Gasteiger partial charge in [-0.1, -0.05) is 48.0 Å². The molecule has 0 unspecified atom stereocenters. The summed E-state index contributed by atoms with van der Waals surface area (Å²) in [7, 11) is 1.58.